The molecular weight excluding hydrogens is 356 g/mol. The van der Waals surface area contributed by atoms with Crippen molar-refractivity contribution in [1.82, 2.24) is 15.1 Å². The first kappa shape index (κ1) is 19.3. The second-order valence-corrected chi connectivity index (χ2v) is 6.54. The maximum Gasteiger partial charge on any atom is 0.275 e. The predicted octanol–water partition coefficient (Wildman–Crippen LogP) is 1.81. The molecule has 3 aromatic rings. The van der Waals surface area contributed by atoms with Crippen LogP contribution < -0.4 is 16.6 Å². The fourth-order valence-corrected chi connectivity index (χ4v) is 3.18. The van der Waals surface area contributed by atoms with Crippen LogP contribution in [0, 0.1) is 0 Å². The molecule has 1 heterocycles. The lowest BCUT2D eigenvalue weighted by atomic mass is 9.96. The van der Waals surface area contributed by atoms with Crippen LogP contribution in [0.3, 0.4) is 0 Å². The zero-order chi connectivity index (χ0) is 20.1. The van der Waals surface area contributed by atoms with Gasteiger partial charge in [0.15, 0.2) is 5.69 Å². The summed E-state index contributed by atoms with van der Waals surface area (Å²) in [5, 5.41) is 7.55. The van der Waals surface area contributed by atoms with Gasteiger partial charge >= 0.3 is 0 Å². The number of carbonyl (C=O) groups excluding carboxylic acids is 2. The first-order valence-electron chi connectivity index (χ1n) is 9.12. The van der Waals surface area contributed by atoms with Crippen LogP contribution in [0.15, 0.2) is 59.4 Å². The van der Waals surface area contributed by atoms with Gasteiger partial charge in [0, 0.05) is 17.8 Å². The van der Waals surface area contributed by atoms with E-state index in [1.54, 1.807) is 24.3 Å². The van der Waals surface area contributed by atoms with Gasteiger partial charge in [0.05, 0.1) is 5.39 Å². The molecule has 0 radical (unpaired) electrons. The summed E-state index contributed by atoms with van der Waals surface area (Å²) >= 11 is 0. The van der Waals surface area contributed by atoms with E-state index in [4.69, 9.17) is 5.73 Å². The summed E-state index contributed by atoms with van der Waals surface area (Å²) in [6.07, 6.45) is 0.865. The van der Waals surface area contributed by atoms with Crippen LogP contribution in [0.1, 0.15) is 35.3 Å². The van der Waals surface area contributed by atoms with Gasteiger partial charge in [-0.25, -0.2) is 4.68 Å². The minimum atomic E-state index is -0.750. The van der Waals surface area contributed by atoms with Gasteiger partial charge in [-0.1, -0.05) is 55.5 Å². The van der Waals surface area contributed by atoms with Crippen molar-refractivity contribution in [2.45, 2.75) is 25.8 Å². The molecule has 0 saturated carbocycles. The summed E-state index contributed by atoms with van der Waals surface area (Å²) in [6.45, 7) is 2.22. The number of nitrogens with one attached hydrogen (secondary N) is 1. The number of hydrogen-bond acceptors (Lipinski definition) is 4. The largest absolute Gasteiger partial charge is 0.364 e. The average Bonchev–Trinajstić information content (AvgIpc) is 2.71. The predicted molar refractivity (Wildman–Crippen MR) is 107 cm³/mol. The molecule has 144 valence electrons. The van der Waals surface area contributed by atoms with Crippen LogP contribution in [0.2, 0.25) is 0 Å². The molecule has 1 atom stereocenters. The lowest BCUT2D eigenvalue weighted by molar-refractivity contribution is -0.122. The molecule has 7 heteroatoms. The van der Waals surface area contributed by atoms with Gasteiger partial charge in [0.1, 0.15) is 6.54 Å². The highest BCUT2D eigenvalue weighted by Gasteiger charge is 2.16. The summed E-state index contributed by atoms with van der Waals surface area (Å²) in [4.78, 5) is 36.7. The molecule has 7 nitrogen and oxygen atoms in total. The van der Waals surface area contributed by atoms with Gasteiger partial charge in [-0.05, 0) is 18.1 Å². The first-order valence-corrected chi connectivity index (χ1v) is 9.12. The molecule has 3 rings (SSSR count). The molecule has 0 fully saturated rings. The van der Waals surface area contributed by atoms with Gasteiger partial charge in [0.2, 0.25) is 5.91 Å². The van der Waals surface area contributed by atoms with E-state index in [2.05, 4.69) is 17.3 Å². The third kappa shape index (κ3) is 4.09. The van der Waals surface area contributed by atoms with E-state index < -0.39 is 11.5 Å². The van der Waals surface area contributed by atoms with Gasteiger partial charge in [-0.3, -0.25) is 14.4 Å². The summed E-state index contributed by atoms with van der Waals surface area (Å²) in [5.41, 5.74) is 6.07. The molecule has 0 aliphatic heterocycles. The number of nitrogens with zero attached hydrogens (tertiary/aromatic N) is 2. The smallest absolute Gasteiger partial charge is 0.275 e. The van der Waals surface area contributed by atoms with Crippen molar-refractivity contribution in [2.24, 2.45) is 5.73 Å². The Labute approximate surface area is 162 Å². The number of amides is 2. The van der Waals surface area contributed by atoms with E-state index in [0.717, 1.165) is 16.7 Å². The van der Waals surface area contributed by atoms with Crippen molar-refractivity contribution in [3.05, 3.63) is 76.2 Å². The lowest BCUT2D eigenvalue weighted by Gasteiger charge is -2.16. The number of benzene rings is 2. The zero-order valence-electron chi connectivity index (χ0n) is 15.6. The molecular formula is C21H22N4O3. The molecule has 2 amide bonds. The van der Waals surface area contributed by atoms with E-state index in [9.17, 15) is 14.4 Å². The number of nitrogens with two attached hydrogens (primary N) is 1. The van der Waals surface area contributed by atoms with Gasteiger partial charge in [-0.15, -0.1) is 0 Å². The highest BCUT2D eigenvalue weighted by atomic mass is 16.2. The molecule has 0 bridgehead atoms. The Kier molecular flexibility index (Phi) is 5.84. The monoisotopic (exact) mass is 378 g/mol. The van der Waals surface area contributed by atoms with E-state index in [-0.39, 0.29) is 24.1 Å². The van der Waals surface area contributed by atoms with Crippen LogP contribution in [0.4, 0.5) is 0 Å². The van der Waals surface area contributed by atoms with Crippen molar-refractivity contribution in [1.29, 1.82) is 0 Å². The van der Waals surface area contributed by atoms with E-state index in [1.807, 2.05) is 30.3 Å². The molecule has 0 saturated heterocycles. The number of carbonyl (C=O) groups is 2. The first-order chi connectivity index (χ1) is 13.5. The molecule has 28 heavy (non-hydrogen) atoms. The second kappa shape index (κ2) is 8.47. The van der Waals surface area contributed by atoms with Gasteiger partial charge in [0.25, 0.3) is 11.5 Å². The van der Waals surface area contributed by atoms with Crippen LogP contribution in [0.25, 0.3) is 10.8 Å². The summed E-state index contributed by atoms with van der Waals surface area (Å²) in [7, 11) is 0. The van der Waals surface area contributed by atoms with Gasteiger partial charge in [-0.2, -0.15) is 5.10 Å². The minimum Gasteiger partial charge on any atom is -0.364 e. The lowest BCUT2D eigenvalue weighted by Crippen LogP contribution is -2.36. The Morgan fingerprint density at radius 1 is 1.07 bits per heavy atom. The molecule has 0 spiro atoms. The van der Waals surface area contributed by atoms with Crippen LogP contribution in [-0.4, -0.2) is 28.1 Å². The maximum atomic E-state index is 12.6. The average molecular weight is 378 g/mol. The topological polar surface area (TPSA) is 107 Å². The van der Waals surface area contributed by atoms with Gasteiger partial charge < -0.3 is 11.1 Å². The number of primary amides is 1. The molecule has 0 aliphatic rings. The normalized spacial score (nSPS) is 11.9. The SMILES string of the molecule is CC[C@H](CNC(=O)Cn1nc(C(N)=O)c2ccccc2c1=O)c1ccccc1. The van der Waals surface area contributed by atoms with Crippen LogP contribution in [0.5, 0.6) is 0 Å². The van der Waals surface area contributed by atoms with E-state index in [1.165, 1.54) is 0 Å². The second-order valence-electron chi connectivity index (χ2n) is 6.54. The fourth-order valence-electron chi connectivity index (χ4n) is 3.18. The number of hydrogen-bond donors (Lipinski definition) is 2. The summed E-state index contributed by atoms with van der Waals surface area (Å²) < 4.78 is 0.987. The van der Waals surface area contributed by atoms with Crippen molar-refractivity contribution >= 4 is 22.6 Å². The Balaban J connectivity index is 1.79. The van der Waals surface area contributed by atoms with Crippen molar-refractivity contribution in [3.8, 4) is 0 Å². The van der Waals surface area contributed by atoms with Crippen LogP contribution >= 0.6 is 0 Å². The molecule has 0 aliphatic carbocycles. The number of rotatable bonds is 7. The standard InChI is InChI=1S/C21H22N4O3/c1-2-14(15-8-4-3-5-9-15)12-23-18(26)13-25-21(28)17-11-7-6-10-16(17)19(24-25)20(22)27/h3-11,14H,2,12-13H2,1H3,(H2,22,27)(H,23,26)/t14-/m1/s1. The quantitative estimate of drug-likeness (QED) is 0.654. The number of aromatic nitrogens is 2. The third-order valence-electron chi connectivity index (χ3n) is 4.70. The highest BCUT2D eigenvalue weighted by molar-refractivity contribution is 6.04. The Hall–Kier alpha value is -3.48. The maximum absolute atomic E-state index is 12.6. The zero-order valence-corrected chi connectivity index (χ0v) is 15.6. The number of fused-ring (bicyclic) bond motifs is 1. The molecule has 1 aromatic heterocycles. The van der Waals surface area contributed by atoms with E-state index in [0.29, 0.717) is 17.3 Å². The fraction of sp³-hybridized carbons (Fsp3) is 0.238. The molecule has 3 N–H and O–H groups in total. The van der Waals surface area contributed by atoms with Crippen LogP contribution in [-0.2, 0) is 11.3 Å². The minimum absolute atomic E-state index is 0.0290. The summed E-state index contributed by atoms with van der Waals surface area (Å²) in [6, 6.07) is 16.5. The molecule has 2 aromatic carbocycles. The highest BCUT2D eigenvalue weighted by Crippen LogP contribution is 2.18. The van der Waals surface area contributed by atoms with Crippen molar-refractivity contribution in [2.75, 3.05) is 6.54 Å². The Morgan fingerprint density at radius 3 is 2.36 bits per heavy atom. The van der Waals surface area contributed by atoms with Crippen molar-refractivity contribution in [3.63, 3.8) is 0 Å². The molecule has 0 unspecified atom stereocenters. The Bertz CT molecular complexity index is 1060. The summed E-state index contributed by atoms with van der Waals surface area (Å²) in [5.74, 6) is -0.928. The third-order valence-corrected chi connectivity index (χ3v) is 4.70. The Morgan fingerprint density at radius 2 is 1.71 bits per heavy atom. The van der Waals surface area contributed by atoms with Crippen molar-refractivity contribution < 1.29 is 9.59 Å². The van der Waals surface area contributed by atoms with E-state index >= 15 is 0 Å².